The molecule has 1 amide bonds. The molecule has 1 N–H and O–H groups in total. The van der Waals surface area contributed by atoms with Gasteiger partial charge in [-0.05, 0) is 60.0 Å². The molecule has 0 bridgehead atoms. The number of benzene rings is 3. The van der Waals surface area contributed by atoms with Crippen LogP contribution >= 0.6 is 0 Å². The van der Waals surface area contributed by atoms with Crippen LogP contribution in [0, 0.1) is 5.82 Å². The van der Waals surface area contributed by atoms with Gasteiger partial charge >= 0.3 is 0 Å². The molecule has 1 aliphatic heterocycles. The van der Waals surface area contributed by atoms with Gasteiger partial charge in [-0.15, -0.1) is 0 Å². The Bertz CT molecular complexity index is 1300. The zero-order valence-electron chi connectivity index (χ0n) is 20.2. The van der Waals surface area contributed by atoms with Crippen LogP contribution in [-0.2, 0) is 16.0 Å². The molecule has 3 aromatic carbocycles. The van der Waals surface area contributed by atoms with E-state index in [4.69, 9.17) is 14.2 Å². The Hall–Kier alpha value is -4.33. The van der Waals surface area contributed by atoms with Crippen LogP contribution < -0.4 is 14.2 Å². The highest BCUT2D eigenvalue weighted by molar-refractivity contribution is 6.46. The number of rotatable bonds is 8. The topological polar surface area (TPSA) is 85.3 Å². The summed E-state index contributed by atoms with van der Waals surface area (Å²) in [7, 11) is 4.49. The van der Waals surface area contributed by atoms with Crippen molar-refractivity contribution in [2.75, 3.05) is 27.9 Å². The largest absolute Gasteiger partial charge is 0.507 e. The number of methoxy groups -OCH3 is 3. The molecule has 1 fully saturated rings. The molecule has 0 saturated carbocycles. The maximum Gasteiger partial charge on any atom is 0.295 e. The van der Waals surface area contributed by atoms with Crippen molar-refractivity contribution in [1.29, 1.82) is 0 Å². The third kappa shape index (κ3) is 4.75. The maximum absolute atomic E-state index is 14.1. The molecule has 0 aromatic heterocycles. The average molecular weight is 492 g/mol. The summed E-state index contributed by atoms with van der Waals surface area (Å²) < 4.78 is 29.8. The molecule has 0 spiro atoms. The first kappa shape index (κ1) is 24.8. The van der Waals surface area contributed by atoms with E-state index in [1.54, 1.807) is 31.4 Å². The fourth-order valence-electron chi connectivity index (χ4n) is 4.30. The van der Waals surface area contributed by atoms with Crippen molar-refractivity contribution in [3.63, 3.8) is 0 Å². The van der Waals surface area contributed by atoms with Gasteiger partial charge in [-0.3, -0.25) is 9.59 Å². The van der Waals surface area contributed by atoms with Gasteiger partial charge in [-0.1, -0.05) is 24.3 Å². The second kappa shape index (κ2) is 10.5. The van der Waals surface area contributed by atoms with Crippen LogP contribution in [0.2, 0.25) is 0 Å². The molecule has 1 unspecified atom stereocenters. The highest BCUT2D eigenvalue weighted by Gasteiger charge is 2.46. The Kier molecular flexibility index (Phi) is 7.24. The van der Waals surface area contributed by atoms with Gasteiger partial charge in [0, 0.05) is 6.54 Å². The first-order valence-corrected chi connectivity index (χ1v) is 11.3. The molecule has 0 aliphatic carbocycles. The molecule has 1 heterocycles. The first-order chi connectivity index (χ1) is 17.4. The van der Waals surface area contributed by atoms with E-state index in [2.05, 4.69) is 0 Å². The van der Waals surface area contributed by atoms with Crippen molar-refractivity contribution < 1.29 is 33.3 Å². The van der Waals surface area contributed by atoms with Gasteiger partial charge in [0.25, 0.3) is 11.7 Å². The smallest absolute Gasteiger partial charge is 0.295 e. The molecular formula is C28H26FNO6. The molecule has 186 valence electrons. The van der Waals surface area contributed by atoms with Crippen molar-refractivity contribution >= 4 is 17.4 Å². The minimum atomic E-state index is -0.887. The lowest BCUT2D eigenvalue weighted by atomic mass is 9.94. The van der Waals surface area contributed by atoms with E-state index in [9.17, 15) is 19.1 Å². The SMILES string of the molecule is COc1ccc(CCN2C(=O)C(=O)/C(=C(/O)c3cc(F)ccc3OC)C2c2ccc(OC)cc2)cc1. The number of carbonyl (C=O) groups excluding carboxylic acids is 2. The van der Waals surface area contributed by atoms with Crippen LogP contribution in [0.4, 0.5) is 4.39 Å². The van der Waals surface area contributed by atoms with Crippen LogP contribution in [0.25, 0.3) is 5.76 Å². The third-order valence-electron chi connectivity index (χ3n) is 6.19. The van der Waals surface area contributed by atoms with Crippen LogP contribution in [-0.4, -0.2) is 49.6 Å². The summed E-state index contributed by atoms with van der Waals surface area (Å²) in [5, 5.41) is 11.2. The number of likely N-dealkylation sites (tertiary alicyclic amines) is 1. The number of nitrogens with zero attached hydrogens (tertiary/aromatic N) is 1. The van der Waals surface area contributed by atoms with Crippen LogP contribution in [0.15, 0.2) is 72.3 Å². The van der Waals surface area contributed by atoms with Gasteiger partial charge in [-0.2, -0.15) is 0 Å². The van der Waals surface area contributed by atoms with E-state index in [1.165, 1.54) is 31.3 Å². The summed E-state index contributed by atoms with van der Waals surface area (Å²) in [5.41, 5.74) is 1.40. The predicted molar refractivity (Wildman–Crippen MR) is 132 cm³/mol. The Morgan fingerprint density at radius 3 is 2.08 bits per heavy atom. The molecule has 7 nitrogen and oxygen atoms in total. The van der Waals surface area contributed by atoms with Crippen LogP contribution in [0.1, 0.15) is 22.7 Å². The summed E-state index contributed by atoms with van der Waals surface area (Å²) in [6, 6.07) is 17.0. The Morgan fingerprint density at radius 1 is 0.889 bits per heavy atom. The molecule has 1 aliphatic rings. The Labute approximate surface area is 208 Å². The fourth-order valence-corrected chi connectivity index (χ4v) is 4.30. The molecule has 0 radical (unpaired) electrons. The molecular weight excluding hydrogens is 465 g/mol. The zero-order valence-corrected chi connectivity index (χ0v) is 20.2. The molecule has 8 heteroatoms. The number of ether oxygens (including phenoxy) is 3. The lowest BCUT2D eigenvalue weighted by molar-refractivity contribution is -0.139. The standard InChI is InChI=1S/C28H26FNO6/c1-34-20-9-4-17(5-10-20)14-15-30-25(18-6-11-21(35-2)12-7-18)24(27(32)28(30)33)26(31)22-16-19(29)8-13-23(22)36-3/h4-13,16,25,31H,14-15H2,1-3H3/b26-24+. The number of Topliss-reactive ketones (excluding diaryl/α,β-unsaturated/α-hetero) is 1. The van der Waals surface area contributed by atoms with Crippen molar-refractivity contribution in [1.82, 2.24) is 4.90 Å². The first-order valence-electron chi connectivity index (χ1n) is 11.3. The van der Waals surface area contributed by atoms with Crippen LogP contribution in [0.3, 0.4) is 0 Å². The van der Waals surface area contributed by atoms with Gasteiger partial charge in [-0.25, -0.2) is 4.39 Å². The minimum absolute atomic E-state index is 0.0100. The number of aliphatic hydroxyl groups is 1. The second-order valence-electron chi connectivity index (χ2n) is 8.21. The van der Waals surface area contributed by atoms with Crippen LogP contribution in [0.5, 0.6) is 17.2 Å². The molecule has 1 atom stereocenters. The van der Waals surface area contributed by atoms with Crippen molar-refractivity contribution in [3.05, 3.63) is 94.8 Å². The maximum atomic E-state index is 14.1. The highest BCUT2D eigenvalue weighted by Crippen LogP contribution is 2.41. The third-order valence-corrected chi connectivity index (χ3v) is 6.19. The number of ketones is 1. The number of amides is 1. The van der Waals surface area contributed by atoms with Crippen molar-refractivity contribution in [3.8, 4) is 17.2 Å². The minimum Gasteiger partial charge on any atom is -0.507 e. The number of halogens is 1. The van der Waals surface area contributed by atoms with Gasteiger partial charge in [0.05, 0.1) is 38.5 Å². The number of hydrogen-bond acceptors (Lipinski definition) is 6. The number of aliphatic hydroxyl groups excluding tert-OH is 1. The highest BCUT2D eigenvalue weighted by atomic mass is 19.1. The van der Waals surface area contributed by atoms with Crippen molar-refractivity contribution in [2.24, 2.45) is 0 Å². The summed E-state index contributed by atoms with van der Waals surface area (Å²) in [6.07, 6.45) is 0.465. The number of hydrogen-bond donors (Lipinski definition) is 1. The predicted octanol–water partition coefficient (Wildman–Crippen LogP) is 4.52. The zero-order chi connectivity index (χ0) is 25.8. The Morgan fingerprint density at radius 2 is 1.50 bits per heavy atom. The van der Waals surface area contributed by atoms with Gasteiger partial charge in [0.2, 0.25) is 0 Å². The molecule has 1 saturated heterocycles. The molecule has 36 heavy (non-hydrogen) atoms. The fraction of sp³-hybridized carbons (Fsp3) is 0.214. The van der Waals surface area contributed by atoms with E-state index in [1.807, 2.05) is 24.3 Å². The van der Waals surface area contributed by atoms with E-state index >= 15 is 0 Å². The molecule has 4 rings (SSSR count). The summed E-state index contributed by atoms with van der Waals surface area (Å²) >= 11 is 0. The van der Waals surface area contributed by atoms with Crippen molar-refractivity contribution in [2.45, 2.75) is 12.5 Å². The number of carbonyl (C=O) groups is 2. The van der Waals surface area contributed by atoms with Gasteiger partial charge in [0.15, 0.2) is 0 Å². The van der Waals surface area contributed by atoms with E-state index < -0.39 is 29.3 Å². The lowest BCUT2D eigenvalue weighted by Gasteiger charge is -2.25. The Balaban J connectivity index is 1.79. The molecule has 3 aromatic rings. The van der Waals surface area contributed by atoms with Gasteiger partial charge in [0.1, 0.15) is 28.8 Å². The average Bonchev–Trinajstić information content (AvgIpc) is 3.16. The van der Waals surface area contributed by atoms with E-state index in [0.29, 0.717) is 23.5 Å². The summed E-state index contributed by atoms with van der Waals surface area (Å²) in [6.45, 7) is 0.213. The summed E-state index contributed by atoms with van der Waals surface area (Å²) in [4.78, 5) is 27.8. The lowest BCUT2D eigenvalue weighted by Crippen LogP contribution is -2.31. The normalized spacial score (nSPS) is 16.8. The van der Waals surface area contributed by atoms with Gasteiger partial charge < -0.3 is 24.2 Å². The van der Waals surface area contributed by atoms with E-state index in [0.717, 1.165) is 11.6 Å². The summed E-state index contributed by atoms with van der Waals surface area (Å²) in [5.74, 6) is -1.24. The monoisotopic (exact) mass is 491 g/mol. The second-order valence-corrected chi connectivity index (χ2v) is 8.21. The quantitative estimate of drug-likeness (QED) is 0.283. The van der Waals surface area contributed by atoms with E-state index in [-0.39, 0.29) is 23.4 Å².